The molecule has 0 amide bonds. The van der Waals surface area contributed by atoms with Gasteiger partial charge in [-0.05, 0) is 63.2 Å². The van der Waals surface area contributed by atoms with Crippen molar-refractivity contribution in [2.75, 3.05) is 33.8 Å². The number of hydrogen-bond acceptors (Lipinski definition) is 4. The van der Waals surface area contributed by atoms with Crippen molar-refractivity contribution in [2.45, 2.75) is 32.4 Å². The van der Waals surface area contributed by atoms with Crippen LogP contribution in [-0.2, 0) is 6.54 Å². The Labute approximate surface area is 178 Å². The smallest absolute Gasteiger partial charge is 0.150 e. The highest BCUT2D eigenvalue weighted by atomic mass is 16.5. The molecule has 1 N–H and O–H groups in total. The van der Waals surface area contributed by atoms with Crippen LogP contribution in [0.4, 0.5) is 0 Å². The summed E-state index contributed by atoms with van der Waals surface area (Å²) in [4.78, 5) is 19.4. The van der Waals surface area contributed by atoms with Crippen LogP contribution in [0.2, 0.25) is 0 Å². The predicted molar refractivity (Wildman–Crippen MR) is 121 cm³/mol. The number of hydrogen-bond donors (Lipinski definition) is 1. The third-order valence-corrected chi connectivity index (χ3v) is 6.36. The molecule has 30 heavy (non-hydrogen) atoms. The first-order valence-electron chi connectivity index (χ1n) is 10.7. The fourth-order valence-electron chi connectivity index (χ4n) is 4.65. The average Bonchev–Trinajstić information content (AvgIpc) is 3.46. The summed E-state index contributed by atoms with van der Waals surface area (Å²) in [6, 6.07) is 12.5. The van der Waals surface area contributed by atoms with Crippen molar-refractivity contribution in [3.63, 3.8) is 0 Å². The summed E-state index contributed by atoms with van der Waals surface area (Å²) >= 11 is 0. The van der Waals surface area contributed by atoms with Crippen LogP contribution in [0, 0.1) is 6.92 Å². The van der Waals surface area contributed by atoms with E-state index in [2.05, 4.69) is 53.0 Å². The Morgan fingerprint density at radius 1 is 1.20 bits per heavy atom. The van der Waals surface area contributed by atoms with E-state index in [0.717, 1.165) is 43.8 Å². The number of aryl methyl sites for hydroxylation is 1. The number of nitrogens with zero attached hydrogens (tertiary/aromatic N) is 2. The van der Waals surface area contributed by atoms with Gasteiger partial charge in [0.1, 0.15) is 12.0 Å². The molecule has 1 aliphatic rings. The molecule has 1 aliphatic heterocycles. The normalized spacial score (nSPS) is 15.7. The number of carbonyl (C=O) groups is 1. The van der Waals surface area contributed by atoms with E-state index < -0.39 is 0 Å². The summed E-state index contributed by atoms with van der Waals surface area (Å²) in [6.07, 6.45) is 5.45. The lowest BCUT2D eigenvalue weighted by Crippen LogP contribution is -2.35. The monoisotopic (exact) mass is 405 g/mol. The van der Waals surface area contributed by atoms with E-state index in [9.17, 15) is 4.79 Å². The molecule has 158 valence electrons. The number of likely N-dealkylation sites (N-methyl/N-ethyl adjacent to an activating group) is 1. The van der Waals surface area contributed by atoms with Crippen LogP contribution in [0.5, 0.6) is 5.75 Å². The molecule has 4 rings (SSSR count). The Bertz CT molecular complexity index is 1000. The Morgan fingerprint density at radius 3 is 2.60 bits per heavy atom. The van der Waals surface area contributed by atoms with Gasteiger partial charge in [0.25, 0.3) is 0 Å². The van der Waals surface area contributed by atoms with Crippen molar-refractivity contribution in [3.05, 3.63) is 64.8 Å². The Morgan fingerprint density at radius 2 is 1.93 bits per heavy atom. The molecule has 2 heterocycles. The van der Waals surface area contributed by atoms with E-state index in [4.69, 9.17) is 4.74 Å². The SMILES string of the molecule is COc1cc(C)c2[nH]ccc2c1CN(C)C(CN1CCCC1)c1ccc(C=O)cc1. The highest BCUT2D eigenvalue weighted by Crippen LogP contribution is 2.33. The number of aldehydes is 1. The number of benzene rings is 2. The zero-order valence-electron chi connectivity index (χ0n) is 18.1. The van der Waals surface area contributed by atoms with Gasteiger partial charge in [-0.25, -0.2) is 0 Å². The van der Waals surface area contributed by atoms with Gasteiger partial charge in [0, 0.05) is 47.4 Å². The summed E-state index contributed by atoms with van der Waals surface area (Å²) in [7, 11) is 3.93. The van der Waals surface area contributed by atoms with Gasteiger partial charge in [-0.3, -0.25) is 9.69 Å². The number of aromatic amines is 1. The van der Waals surface area contributed by atoms with E-state index in [-0.39, 0.29) is 6.04 Å². The maximum Gasteiger partial charge on any atom is 0.150 e. The van der Waals surface area contributed by atoms with Crippen molar-refractivity contribution in [2.24, 2.45) is 0 Å². The number of carbonyl (C=O) groups excluding carboxylic acids is 1. The van der Waals surface area contributed by atoms with Gasteiger partial charge in [-0.2, -0.15) is 0 Å². The highest BCUT2D eigenvalue weighted by Gasteiger charge is 2.24. The second-order valence-corrected chi connectivity index (χ2v) is 8.36. The fraction of sp³-hybridized carbons (Fsp3) is 0.400. The van der Waals surface area contributed by atoms with Crippen molar-refractivity contribution >= 4 is 17.2 Å². The van der Waals surface area contributed by atoms with Gasteiger partial charge < -0.3 is 14.6 Å². The van der Waals surface area contributed by atoms with Gasteiger partial charge in [-0.1, -0.05) is 24.3 Å². The highest BCUT2D eigenvalue weighted by molar-refractivity contribution is 5.88. The summed E-state index contributed by atoms with van der Waals surface area (Å²) < 4.78 is 5.76. The predicted octanol–water partition coefficient (Wildman–Crippen LogP) is 4.57. The number of H-pyrrole nitrogens is 1. The number of fused-ring (bicyclic) bond motifs is 1. The molecule has 5 nitrogen and oxygen atoms in total. The number of rotatable bonds is 8. The van der Waals surface area contributed by atoms with Crippen LogP contribution in [0.15, 0.2) is 42.6 Å². The maximum absolute atomic E-state index is 11.1. The van der Waals surface area contributed by atoms with E-state index in [1.54, 1.807) is 7.11 Å². The van der Waals surface area contributed by atoms with E-state index in [1.165, 1.54) is 40.4 Å². The third kappa shape index (κ3) is 4.13. The van der Waals surface area contributed by atoms with Gasteiger partial charge >= 0.3 is 0 Å². The molecule has 1 fully saturated rings. The fourth-order valence-corrected chi connectivity index (χ4v) is 4.65. The van der Waals surface area contributed by atoms with Crippen LogP contribution in [-0.4, -0.2) is 54.9 Å². The summed E-state index contributed by atoms with van der Waals surface area (Å²) in [5.41, 5.74) is 5.53. The lowest BCUT2D eigenvalue weighted by Gasteiger charge is -2.32. The number of aromatic nitrogens is 1. The third-order valence-electron chi connectivity index (χ3n) is 6.36. The van der Waals surface area contributed by atoms with Crippen LogP contribution in [0.3, 0.4) is 0 Å². The molecule has 5 heteroatoms. The van der Waals surface area contributed by atoms with Crippen LogP contribution in [0.1, 0.15) is 45.9 Å². The largest absolute Gasteiger partial charge is 0.496 e. The maximum atomic E-state index is 11.1. The topological polar surface area (TPSA) is 48.6 Å². The molecule has 0 spiro atoms. The van der Waals surface area contributed by atoms with Crippen molar-refractivity contribution in [1.82, 2.24) is 14.8 Å². The average molecular weight is 406 g/mol. The molecular weight excluding hydrogens is 374 g/mol. The van der Waals surface area contributed by atoms with Gasteiger partial charge in [0.05, 0.1) is 7.11 Å². The van der Waals surface area contributed by atoms with Crippen LogP contribution < -0.4 is 4.74 Å². The second-order valence-electron chi connectivity index (χ2n) is 8.36. The molecular formula is C25H31N3O2. The first kappa shape index (κ1) is 20.6. The Hall–Kier alpha value is -2.63. The number of likely N-dealkylation sites (tertiary alicyclic amines) is 1. The summed E-state index contributed by atoms with van der Waals surface area (Å²) in [6.45, 7) is 6.20. The molecule has 1 saturated heterocycles. The zero-order valence-corrected chi connectivity index (χ0v) is 18.1. The molecule has 0 saturated carbocycles. The molecule has 1 atom stereocenters. The van der Waals surface area contributed by atoms with Gasteiger partial charge in [0.2, 0.25) is 0 Å². The quantitative estimate of drug-likeness (QED) is 0.558. The second kappa shape index (κ2) is 9.02. The lowest BCUT2D eigenvalue weighted by atomic mass is 10.0. The number of methoxy groups -OCH3 is 1. The van der Waals surface area contributed by atoms with Crippen molar-refractivity contribution in [1.29, 1.82) is 0 Å². The summed E-state index contributed by atoms with van der Waals surface area (Å²) in [5, 5.41) is 1.22. The van der Waals surface area contributed by atoms with Gasteiger partial charge in [-0.15, -0.1) is 0 Å². The molecule has 3 aromatic rings. The number of ether oxygens (including phenoxy) is 1. The standard InChI is InChI=1S/C25H31N3O2/c1-18-14-24(30-3)22(21-10-11-26-25(18)21)15-27(2)23(16-28-12-4-5-13-28)20-8-6-19(17-29)7-9-20/h6-11,14,17,23,26H,4-5,12-13,15-16H2,1-3H3. The first-order valence-corrected chi connectivity index (χ1v) is 10.7. The minimum atomic E-state index is 0.240. The molecule has 0 bridgehead atoms. The zero-order chi connectivity index (χ0) is 21.1. The van der Waals surface area contributed by atoms with Gasteiger partial charge in [0.15, 0.2) is 0 Å². The van der Waals surface area contributed by atoms with E-state index in [0.29, 0.717) is 0 Å². The Balaban J connectivity index is 1.66. The van der Waals surface area contributed by atoms with E-state index >= 15 is 0 Å². The molecule has 1 aromatic heterocycles. The summed E-state index contributed by atoms with van der Waals surface area (Å²) in [5.74, 6) is 0.933. The molecule has 0 radical (unpaired) electrons. The number of nitrogens with one attached hydrogen (secondary N) is 1. The lowest BCUT2D eigenvalue weighted by molar-refractivity contribution is 0.112. The molecule has 2 aromatic carbocycles. The van der Waals surface area contributed by atoms with E-state index in [1.807, 2.05) is 18.3 Å². The van der Waals surface area contributed by atoms with Crippen LogP contribution >= 0.6 is 0 Å². The minimum absolute atomic E-state index is 0.240. The minimum Gasteiger partial charge on any atom is -0.496 e. The van der Waals surface area contributed by atoms with Crippen molar-refractivity contribution in [3.8, 4) is 5.75 Å². The first-order chi connectivity index (χ1) is 14.6. The van der Waals surface area contributed by atoms with Crippen LogP contribution in [0.25, 0.3) is 10.9 Å². The van der Waals surface area contributed by atoms with Crippen molar-refractivity contribution < 1.29 is 9.53 Å². The molecule has 0 aliphatic carbocycles. The Kier molecular flexibility index (Phi) is 6.21. The molecule has 1 unspecified atom stereocenters.